The van der Waals surface area contributed by atoms with Crippen LogP contribution < -0.4 is 9.62 Å². The lowest BCUT2D eigenvalue weighted by molar-refractivity contribution is -0.139. The van der Waals surface area contributed by atoms with Crippen molar-refractivity contribution in [1.29, 1.82) is 0 Å². The summed E-state index contributed by atoms with van der Waals surface area (Å²) in [6.45, 7) is -0.729. The maximum absolute atomic E-state index is 13.9. The van der Waals surface area contributed by atoms with E-state index in [4.69, 9.17) is 58.0 Å². The number of nitrogens with zero attached hydrogens (tertiary/aromatic N) is 2. The summed E-state index contributed by atoms with van der Waals surface area (Å²) in [5, 5.41) is 3.34. The Morgan fingerprint density at radius 2 is 1.44 bits per heavy atom. The van der Waals surface area contributed by atoms with Gasteiger partial charge in [-0.25, -0.2) is 8.42 Å². The van der Waals surface area contributed by atoms with E-state index in [1.807, 2.05) is 30.3 Å². The second kappa shape index (κ2) is 13.4. The van der Waals surface area contributed by atoms with Crippen molar-refractivity contribution in [2.24, 2.45) is 0 Å². The third-order valence-electron chi connectivity index (χ3n) is 5.79. The van der Waals surface area contributed by atoms with E-state index in [9.17, 15) is 18.0 Å². The molecular formula is C26H24Cl5N3O4S. The fourth-order valence-corrected chi connectivity index (χ4v) is 5.72. The van der Waals surface area contributed by atoms with E-state index in [0.717, 1.165) is 16.1 Å². The highest BCUT2D eigenvalue weighted by Crippen LogP contribution is 2.36. The molecule has 0 radical (unpaired) electrons. The molecule has 0 aliphatic rings. The molecule has 0 aromatic heterocycles. The van der Waals surface area contributed by atoms with Gasteiger partial charge >= 0.3 is 0 Å². The van der Waals surface area contributed by atoms with E-state index in [-0.39, 0.29) is 38.7 Å². The summed E-state index contributed by atoms with van der Waals surface area (Å²) in [6.07, 6.45) is 1.10. The second-order valence-corrected chi connectivity index (χ2v) is 12.5. The van der Waals surface area contributed by atoms with Crippen molar-refractivity contribution >= 4 is 85.5 Å². The highest BCUT2D eigenvalue weighted by molar-refractivity contribution is 7.92. The summed E-state index contributed by atoms with van der Waals surface area (Å²) in [6, 6.07) is 15.5. The molecule has 208 valence electrons. The molecule has 39 heavy (non-hydrogen) atoms. The number of hydrogen-bond donors (Lipinski definition) is 1. The van der Waals surface area contributed by atoms with Crippen LogP contribution in [0.5, 0.6) is 0 Å². The number of sulfonamides is 1. The Morgan fingerprint density at radius 3 is 2.03 bits per heavy atom. The predicted octanol–water partition coefficient (Wildman–Crippen LogP) is 6.11. The smallest absolute Gasteiger partial charge is 0.244 e. The molecule has 0 bridgehead atoms. The summed E-state index contributed by atoms with van der Waals surface area (Å²) < 4.78 is 26.5. The van der Waals surface area contributed by atoms with Crippen LogP contribution in [0.2, 0.25) is 25.1 Å². The van der Waals surface area contributed by atoms with Gasteiger partial charge in [0.15, 0.2) is 0 Å². The topological polar surface area (TPSA) is 86.8 Å². The maximum atomic E-state index is 13.9. The quantitative estimate of drug-likeness (QED) is 0.268. The van der Waals surface area contributed by atoms with Gasteiger partial charge in [-0.05, 0) is 35.4 Å². The summed E-state index contributed by atoms with van der Waals surface area (Å²) in [4.78, 5) is 28.3. The van der Waals surface area contributed by atoms with Crippen LogP contribution in [-0.4, -0.2) is 51.0 Å². The van der Waals surface area contributed by atoms with Gasteiger partial charge in [-0.15, -0.1) is 0 Å². The number of carbonyl (C=O) groups is 2. The van der Waals surface area contributed by atoms with E-state index in [1.54, 1.807) is 18.2 Å². The lowest BCUT2D eigenvalue weighted by Gasteiger charge is -2.33. The minimum Gasteiger partial charge on any atom is -0.357 e. The highest BCUT2D eigenvalue weighted by Gasteiger charge is 2.33. The van der Waals surface area contributed by atoms with Crippen LogP contribution in [0.1, 0.15) is 11.1 Å². The first kappa shape index (κ1) is 31.3. The number of anilines is 1. The molecule has 13 heteroatoms. The van der Waals surface area contributed by atoms with Crippen LogP contribution in [0.25, 0.3) is 0 Å². The predicted molar refractivity (Wildman–Crippen MR) is 159 cm³/mol. The highest BCUT2D eigenvalue weighted by atomic mass is 35.5. The minimum absolute atomic E-state index is 0.0224. The van der Waals surface area contributed by atoms with E-state index in [0.29, 0.717) is 10.6 Å². The summed E-state index contributed by atoms with van der Waals surface area (Å²) in [5.74, 6) is -1.11. The lowest BCUT2D eigenvalue weighted by Crippen LogP contribution is -2.52. The molecule has 0 heterocycles. The molecule has 0 aliphatic heterocycles. The number of hydrogen-bond acceptors (Lipinski definition) is 4. The molecule has 0 fully saturated rings. The second-order valence-electron chi connectivity index (χ2n) is 8.58. The van der Waals surface area contributed by atoms with Crippen LogP contribution in [0.3, 0.4) is 0 Å². The van der Waals surface area contributed by atoms with Crippen LogP contribution in [-0.2, 0) is 32.6 Å². The van der Waals surface area contributed by atoms with Gasteiger partial charge in [0, 0.05) is 20.0 Å². The standard InChI is InChI=1S/C26H24Cl5N3O4S/c1-32-26(36)24(11-16-6-4-3-5-7-16)33(14-17-8-9-18(27)19(28)10-17)25(35)15-34(39(2,37)38)23-13-21(30)20(29)12-22(23)31/h3-10,12-13,24H,11,14-15H2,1-2H3,(H,32,36). The number of likely N-dealkylation sites (N-methyl/N-ethyl adjacent to an activating group) is 1. The molecule has 3 rings (SSSR count). The fraction of sp³-hybridized carbons (Fsp3) is 0.231. The van der Waals surface area contributed by atoms with Gasteiger partial charge in [0.1, 0.15) is 12.6 Å². The minimum atomic E-state index is -4.03. The van der Waals surface area contributed by atoms with Crippen LogP contribution >= 0.6 is 58.0 Å². The van der Waals surface area contributed by atoms with Gasteiger partial charge in [0.2, 0.25) is 21.8 Å². The Balaban J connectivity index is 2.08. The van der Waals surface area contributed by atoms with Gasteiger partial charge in [0.05, 0.1) is 37.1 Å². The molecule has 0 saturated heterocycles. The molecule has 3 aromatic rings. The molecule has 3 aromatic carbocycles. The van der Waals surface area contributed by atoms with E-state index < -0.39 is 34.4 Å². The van der Waals surface area contributed by atoms with Crippen LogP contribution in [0.4, 0.5) is 5.69 Å². The maximum Gasteiger partial charge on any atom is 0.244 e. The zero-order chi connectivity index (χ0) is 28.9. The van der Waals surface area contributed by atoms with E-state index in [1.165, 1.54) is 24.1 Å². The van der Waals surface area contributed by atoms with Crippen molar-refractivity contribution < 1.29 is 18.0 Å². The number of carbonyl (C=O) groups excluding carboxylic acids is 2. The summed E-state index contributed by atoms with van der Waals surface area (Å²) in [7, 11) is -2.57. The van der Waals surface area contributed by atoms with Gasteiger partial charge in [-0.2, -0.15) is 0 Å². The zero-order valence-corrected chi connectivity index (χ0v) is 25.4. The molecule has 1 unspecified atom stereocenters. The molecule has 1 N–H and O–H groups in total. The van der Waals surface area contributed by atoms with E-state index in [2.05, 4.69) is 5.32 Å². The van der Waals surface area contributed by atoms with Crippen molar-refractivity contribution in [1.82, 2.24) is 10.2 Å². The Kier molecular flexibility index (Phi) is 10.8. The van der Waals surface area contributed by atoms with Gasteiger partial charge in [-0.1, -0.05) is 94.4 Å². The van der Waals surface area contributed by atoms with Crippen molar-refractivity contribution in [3.63, 3.8) is 0 Å². The molecule has 2 amide bonds. The molecule has 0 saturated carbocycles. The van der Waals surface area contributed by atoms with Crippen LogP contribution in [0, 0.1) is 0 Å². The van der Waals surface area contributed by atoms with Crippen molar-refractivity contribution in [3.05, 3.63) is 96.9 Å². The summed E-state index contributed by atoms with van der Waals surface area (Å²) >= 11 is 30.7. The van der Waals surface area contributed by atoms with Crippen molar-refractivity contribution in [3.8, 4) is 0 Å². The Hall–Kier alpha value is -2.20. The molecule has 1 atom stereocenters. The molecular weight excluding hydrogens is 628 g/mol. The third kappa shape index (κ3) is 8.16. The Morgan fingerprint density at radius 1 is 0.821 bits per heavy atom. The third-order valence-corrected chi connectivity index (χ3v) is 8.68. The first-order chi connectivity index (χ1) is 18.3. The zero-order valence-electron chi connectivity index (χ0n) is 20.8. The van der Waals surface area contributed by atoms with Gasteiger partial charge < -0.3 is 10.2 Å². The average Bonchev–Trinajstić information content (AvgIpc) is 2.88. The normalized spacial score (nSPS) is 12.1. The summed E-state index contributed by atoms with van der Waals surface area (Å²) in [5.41, 5.74) is 1.35. The fourth-order valence-electron chi connectivity index (χ4n) is 3.85. The number of benzene rings is 3. The largest absolute Gasteiger partial charge is 0.357 e. The molecule has 0 spiro atoms. The molecule has 0 aliphatic carbocycles. The SMILES string of the molecule is CNC(=O)C(Cc1ccccc1)N(Cc1ccc(Cl)c(Cl)c1)C(=O)CN(c1cc(Cl)c(Cl)cc1Cl)S(C)(=O)=O. The number of rotatable bonds is 10. The average molecular weight is 652 g/mol. The Bertz CT molecular complexity index is 1470. The number of halogens is 5. The monoisotopic (exact) mass is 649 g/mol. The van der Waals surface area contributed by atoms with Gasteiger partial charge in [-0.3, -0.25) is 13.9 Å². The van der Waals surface area contributed by atoms with Crippen LogP contribution in [0.15, 0.2) is 60.7 Å². The Labute approximate surface area is 252 Å². The number of nitrogens with one attached hydrogen (secondary N) is 1. The first-order valence-electron chi connectivity index (χ1n) is 11.4. The van der Waals surface area contributed by atoms with Crippen molar-refractivity contribution in [2.75, 3.05) is 24.2 Å². The van der Waals surface area contributed by atoms with E-state index >= 15 is 0 Å². The molecule has 7 nitrogen and oxygen atoms in total. The first-order valence-corrected chi connectivity index (χ1v) is 15.2. The number of amides is 2. The van der Waals surface area contributed by atoms with Crippen molar-refractivity contribution in [2.45, 2.75) is 19.0 Å². The lowest BCUT2D eigenvalue weighted by atomic mass is 10.0. The van der Waals surface area contributed by atoms with Gasteiger partial charge in [0.25, 0.3) is 0 Å².